The number of amides is 1. The SMILES string of the molecule is C/C(=N/NC(=O)COc1cccc(Br)c1)c1ccc(F)cc1F. The smallest absolute Gasteiger partial charge is 0.277 e. The molecule has 23 heavy (non-hydrogen) atoms. The molecule has 7 heteroatoms. The Hall–Kier alpha value is -2.28. The minimum atomic E-state index is -0.745. The minimum absolute atomic E-state index is 0.111. The van der Waals surface area contributed by atoms with E-state index in [4.69, 9.17) is 4.74 Å². The van der Waals surface area contributed by atoms with Crippen LogP contribution in [0.1, 0.15) is 12.5 Å². The summed E-state index contributed by atoms with van der Waals surface area (Å²) in [6.07, 6.45) is 0. The first kappa shape index (κ1) is 17.1. The van der Waals surface area contributed by atoms with E-state index in [0.717, 1.165) is 16.6 Å². The maximum atomic E-state index is 13.6. The Morgan fingerprint density at radius 2 is 2.04 bits per heavy atom. The lowest BCUT2D eigenvalue weighted by molar-refractivity contribution is -0.123. The lowest BCUT2D eigenvalue weighted by atomic mass is 10.1. The van der Waals surface area contributed by atoms with Crippen LogP contribution in [-0.2, 0) is 4.79 Å². The third kappa shape index (κ3) is 5.14. The van der Waals surface area contributed by atoms with Crippen molar-refractivity contribution in [3.8, 4) is 5.75 Å². The Labute approximate surface area is 140 Å². The average Bonchev–Trinajstić information content (AvgIpc) is 2.50. The van der Waals surface area contributed by atoms with E-state index in [2.05, 4.69) is 26.5 Å². The van der Waals surface area contributed by atoms with Gasteiger partial charge in [-0.2, -0.15) is 5.10 Å². The van der Waals surface area contributed by atoms with Gasteiger partial charge in [0.2, 0.25) is 0 Å². The zero-order valence-electron chi connectivity index (χ0n) is 12.1. The summed E-state index contributed by atoms with van der Waals surface area (Å²) >= 11 is 3.29. The number of carbonyl (C=O) groups is 1. The number of rotatable bonds is 5. The van der Waals surface area contributed by atoms with Gasteiger partial charge < -0.3 is 4.74 Å². The fourth-order valence-corrected chi connectivity index (χ4v) is 2.11. The van der Waals surface area contributed by atoms with Gasteiger partial charge in [0.1, 0.15) is 17.4 Å². The number of nitrogens with one attached hydrogen (secondary N) is 1. The predicted octanol–water partition coefficient (Wildman–Crippen LogP) is 3.65. The van der Waals surface area contributed by atoms with Crippen molar-refractivity contribution in [2.75, 3.05) is 6.61 Å². The van der Waals surface area contributed by atoms with E-state index in [-0.39, 0.29) is 17.9 Å². The van der Waals surface area contributed by atoms with Crippen molar-refractivity contribution in [1.82, 2.24) is 5.43 Å². The van der Waals surface area contributed by atoms with Gasteiger partial charge in [0.05, 0.1) is 5.71 Å². The first-order valence-electron chi connectivity index (χ1n) is 6.62. The van der Waals surface area contributed by atoms with E-state index in [1.54, 1.807) is 18.2 Å². The molecule has 0 heterocycles. The van der Waals surface area contributed by atoms with Crippen molar-refractivity contribution < 1.29 is 18.3 Å². The summed E-state index contributed by atoms with van der Waals surface area (Å²) in [5.41, 5.74) is 2.59. The average molecular weight is 383 g/mol. The zero-order valence-corrected chi connectivity index (χ0v) is 13.7. The van der Waals surface area contributed by atoms with Gasteiger partial charge in [0.15, 0.2) is 6.61 Å². The summed E-state index contributed by atoms with van der Waals surface area (Å²) in [4.78, 5) is 11.7. The summed E-state index contributed by atoms with van der Waals surface area (Å²) < 4.78 is 32.5. The molecule has 0 unspecified atom stereocenters. The highest BCUT2D eigenvalue weighted by Gasteiger charge is 2.08. The van der Waals surface area contributed by atoms with Crippen LogP contribution < -0.4 is 10.2 Å². The van der Waals surface area contributed by atoms with Gasteiger partial charge in [-0.1, -0.05) is 22.0 Å². The van der Waals surface area contributed by atoms with Crippen LogP contribution in [0.5, 0.6) is 5.75 Å². The van der Waals surface area contributed by atoms with E-state index in [1.807, 2.05) is 6.07 Å². The molecule has 0 bridgehead atoms. The highest BCUT2D eigenvalue weighted by molar-refractivity contribution is 9.10. The molecule has 0 saturated heterocycles. The Bertz CT molecular complexity index is 751. The second-order valence-electron chi connectivity index (χ2n) is 4.60. The summed E-state index contributed by atoms with van der Waals surface area (Å²) in [6.45, 7) is 1.27. The number of hydrogen-bond acceptors (Lipinski definition) is 3. The Morgan fingerprint density at radius 3 is 2.74 bits per heavy atom. The monoisotopic (exact) mass is 382 g/mol. The molecule has 0 spiro atoms. The molecular weight excluding hydrogens is 370 g/mol. The molecule has 1 N–H and O–H groups in total. The molecule has 2 aromatic rings. The fourth-order valence-electron chi connectivity index (χ4n) is 1.73. The summed E-state index contributed by atoms with van der Waals surface area (Å²) in [7, 11) is 0. The Balaban J connectivity index is 1.92. The van der Waals surface area contributed by atoms with Crippen LogP contribution in [0.25, 0.3) is 0 Å². The highest BCUT2D eigenvalue weighted by atomic mass is 79.9. The maximum Gasteiger partial charge on any atom is 0.277 e. The number of hydrogen-bond donors (Lipinski definition) is 1. The lowest BCUT2D eigenvalue weighted by Crippen LogP contribution is -2.25. The molecule has 4 nitrogen and oxygen atoms in total. The summed E-state index contributed by atoms with van der Waals surface area (Å²) in [5.74, 6) is -1.39. The van der Waals surface area contributed by atoms with Crippen molar-refractivity contribution in [1.29, 1.82) is 0 Å². The third-order valence-electron chi connectivity index (χ3n) is 2.84. The molecule has 0 aromatic heterocycles. The number of hydrazone groups is 1. The largest absolute Gasteiger partial charge is 0.484 e. The molecule has 0 aliphatic carbocycles. The highest BCUT2D eigenvalue weighted by Crippen LogP contribution is 2.17. The van der Waals surface area contributed by atoms with Gasteiger partial charge in [-0.3, -0.25) is 4.79 Å². The second-order valence-corrected chi connectivity index (χ2v) is 5.52. The first-order chi connectivity index (χ1) is 11.0. The topological polar surface area (TPSA) is 50.7 Å². The molecule has 0 aliphatic rings. The normalized spacial score (nSPS) is 11.2. The summed E-state index contributed by atoms with van der Waals surface area (Å²) in [6, 6.07) is 10.2. The number of nitrogens with zero attached hydrogens (tertiary/aromatic N) is 1. The van der Waals surface area contributed by atoms with Gasteiger partial charge in [-0.25, -0.2) is 14.2 Å². The second kappa shape index (κ2) is 7.82. The molecule has 0 radical (unpaired) electrons. The van der Waals surface area contributed by atoms with Gasteiger partial charge in [-0.05, 0) is 37.3 Å². The van der Waals surface area contributed by atoms with Crippen LogP contribution >= 0.6 is 15.9 Å². The van der Waals surface area contributed by atoms with Crippen molar-refractivity contribution in [3.63, 3.8) is 0 Å². The van der Waals surface area contributed by atoms with Crippen molar-refractivity contribution in [3.05, 3.63) is 64.1 Å². The number of benzene rings is 2. The molecule has 0 saturated carbocycles. The van der Waals surface area contributed by atoms with E-state index < -0.39 is 17.5 Å². The molecule has 0 fully saturated rings. The quantitative estimate of drug-likeness (QED) is 0.633. The van der Waals surface area contributed by atoms with Gasteiger partial charge in [0.25, 0.3) is 5.91 Å². The van der Waals surface area contributed by atoms with Gasteiger partial charge in [0, 0.05) is 16.1 Å². The third-order valence-corrected chi connectivity index (χ3v) is 3.33. The Kier molecular flexibility index (Phi) is 5.81. The fraction of sp³-hybridized carbons (Fsp3) is 0.125. The molecule has 0 aliphatic heterocycles. The minimum Gasteiger partial charge on any atom is -0.484 e. The van der Waals surface area contributed by atoms with Crippen LogP contribution in [0.15, 0.2) is 52.0 Å². The van der Waals surface area contributed by atoms with Crippen LogP contribution in [0.3, 0.4) is 0 Å². The van der Waals surface area contributed by atoms with E-state index >= 15 is 0 Å². The number of ether oxygens (including phenoxy) is 1. The molecule has 2 rings (SSSR count). The van der Waals surface area contributed by atoms with Gasteiger partial charge >= 0.3 is 0 Å². The maximum absolute atomic E-state index is 13.6. The zero-order chi connectivity index (χ0) is 16.8. The summed E-state index contributed by atoms with van der Waals surface area (Å²) in [5, 5.41) is 3.78. The molecule has 0 atom stereocenters. The Morgan fingerprint density at radius 1 is 1.26 bits per heavy atom. The molecular formula is C16H13BrF2N2O2. The van der Waals surface area contributed by atoms with Crippen molar-refractivity contribution in [2.24, 2.45) is 5.10 Å². The standard InChI is InChI=1S/C16H13BrF2N2O2/c1-10(14-6-5-12(18)8-15(14)19)20-21-16(22)9-23-13-4-2-3-11(17)7-13/h2-8H,9H2,1H3,(H,21,22)/b20-10-. The van der Waals surface area contributed by atoms with Crippen LogP contribution in [0, 0.1) is 11.6 Å². The predicted molar refractivity (Wildman–Crippen MR) is 86.3 cm³/mol. The van der Waals surface area contributed by atoms with E-state index in [1.165, 1.54) is 13.0 Å². The molecule has 2 aromatic carbocycles. The van der Waals surface area contributed by atoms with Crippen LogP contribution in [0.4, 0.5) is 8.78 Å². The van der Waals surface area contributed by atoms with Crippen molar-refractivity contribution in [2.45, 2.75) is 6.92 Å². The number of carbonyl (C=O) groups excluding carboxylic acids is 1. The molecule has 1 amide bonds. The van der Waals surface area contributed by atoms with E-state index in [9.17, 15) is 13.6 Å². The molecule has 120 valence electrons. The lowest BCUT2D eigenvalue weighted by Gasteiger charge is -2.06. The van der Waals surface area contributed by atoms with Gasteiger partial charge in [-0.15, -0.1) is 0 Å². The number of halogens is 3. The van der Waals surface area contributed by atoms with Crippen LogP contribution in [-0.4, -0.2) is 18.2 Å². The van der Waals surface area contributed by atoms with E-state index in [0.29, 0.717) is 5.75 Å². The van der Waals surface area contributed by atoms with Crippen LogP contribution in [0.2, 0.25) is 0 Å². The van der Waals surface area contributed by atoms with Crippen molar-refractivity contribution >= 4 is 27.5 Å². The first-order valence-corrected chi connectivity index (χ1v) is 7.42.